The number of carbonyl (C=O) groups excluding carboxylic acids is 2. The summed E-state index contributed by atoms with van der Waals surface area (Å²) in [6.07, 6.45) is 21.7. The van der Waals surface area contributed by atoms with Crippen molar-refractivity contribution in [1.82, 2.24) is 15.2 Å². The first-order valence-electron chi connectivity index (χ1n) is 26.2. The summed E-state index contributed by atoms with van der Waals surface area (Å²) in [6.45, 7) is 2.57. The van der Waals surface area contributed by atoms with E-state index in [1.807, 2.05) is 50.8 Å². The molecule has 1 saturated heterocycles. The first kappa shape index (κ1) is 51.2. The normalized spacial score (nSPS) is 27.9. The molecule has 69 heavy (non-hydrogen) atoms. The predicted octanol–water partition coefficient (Wildman–Crippen LogP) is 10.2. The molecule has 2 aromatic carbocycles. The van der Waals surface area contributed by atoms with Gasteiger partial charge in [0, 0.05) is 67.7 Å². The first-order valence-corrected chi connectivity index (χ1v) is 28.5. The number of hydrogen-bond acceptors (Lipinski definition) is 13. The van der Waals surface area contributed by atoms with Crippen LogP contribution in [0.25, 0.3) is 0 Å². The number of hydrogen-bond donors (Lipinski definition) is 5. The smallest absolute Gasteiger partial charge is 0.302 e. The Kier molecular flexibility index (Phi) is 17.7. The summed E-state index contributed by atoms with van der Waals surface area (Å²) in [5, 5.41) is 27.2. The molecule has 7 N–H and O–H groups in total. The number of fused-ring (bicyclic) bond motifs is 5. The second kappa shape index (κ2) is 23.8. The van der Waals surface area contributed by atoms with E-state index in [1.165, 1.54) is 44.6 Å². The number of aliphatic imine (C=N–C) groups is 1. The van der Waals surface area contributed by atoms with Crippen molar-refractivity contribution in [3.63, 3.8) is 0 Å². The largest absolute Gasteiger partial charge is 0.504 e. The van der Waals surface area contributed by atoms with Gasteiger partial charge in [-0.3, -0.25) is 14.6 Å². The summed E-state index contributed by atoms with van der Waals surface area (Å²) in [6, 6.07) is 18.5. The first-order chi connectivity index (χ1) is 33.4. The Morgan fingerprint density at radius 3 is 2.45 bits per heavy atom. The maximum atomic E-state index is 14.3. The number of aromatic nitrogens is 1. The van der Waals surface area contributed by atoms with Gasteiger partial charge < -0.3 is 41.4 Å². The van der Waals surface area contributed by atoms with Crippen LogP contribution < -0.4 is 21.5 Å². The summed E-state index contributed by atoms with van der Waals surface area (Å²) < 4.78 is 12.4. The third kappa shape index (κ3) is 13.6. The number of nitrogens with one attached hydrogen (secondary N) is 1. The number of phenolic OH excluding ortho intramolecular Hbond substituents is 1. The van der Waals surface area contributed by atoms with E-state index in [-0.39, 0.29) is 40.6 Å². The quantitative estimate of drug-likeness (QED) is 0.106. The molecule has 5 aliphatic rings. The number of anilines is 1. The van der Waals surface area contributed by atoms with Crippen LogP contribution in [0.15, 0.2) is 65.8 Å². The molecule has 0 radical (unpaired) electrons. The van der Waals surface area contributed by atoms with E-state index in [2.05, 4.69) is 40.6 Å². The standard InChI is InChI=1S/C55H78N6O6S2/c1-39(62)66-47-21-20-42-30-44(51(65)48(31-42)67-46-16-7-8-17-46)36-61-38-53(35-50(61)64,34-43-22-28-58-49(56)32-43)27-29-59-52(57)60-55(26-11-25-54(55)23-9-10-24-54)69-68-37-41(14-5-6-15-45(63)33-47)19-18-40-12-3-2-4-13-40/h2-4,12-13,22,28,30-32,41,45-47,63,65H,5-11,14-21,23-27,29,33-38H2,1H3,(H2,56,58)(H3,57,59,60). The van der Waals surface area contributed by atoms with Crippen LogP contribution in [-0.4, -0.2) is 80.0 Å². The molecule has 3 saturated carbocycles. The van der Waals surface area contributed by atoms with E-state index < -0.39 is 17.6 Å². The number of aromatic hydroxyl groups is 1. The number of rotatable bonds is 8. The lowest BCUT2D eigenvalue weighted by Crippen LogP contribution is -2.55. The lowest BCUT2D eigenvalue weighted by molar-refractivity contribution is -0.148. The molecule has 1 aromatic heterocycles. The lowest BCUT2D eigenvalue weighted by Gasteiger charge is -2.44. The van der Waals surface area contributed by atoms with Gasteiger partial charge in [-0.2, -0.15) is 0 Å². The lowest BCUT2D eigenvalue weighted by atomic mass is 9.78. The van der Waals surface area contributed by atoms with Crippen LogP contribution >= 0.6 is 21.6 Å². The van der Waals surface area contributed by atoms with Gasteiger partial charge in [0.15, 0.2) is 17.5 Å². The second-order valence-corrected chi connectivity index (χ2v) is 24.0. The zero-order chi connectivity index (χ0) is 48.3. The molecule has 2 spiro atoms. The number of ether oxygens (including phenoxy) is 2. The number of nitrogen functional groups attached to an aromatic ring is 1. The summed E-state index contributed by atoms with van der Waals surface area (Å²) in [5.74, 6) is 2.59. The van der Waals surface area contributed by atoms with Crippen molar-refractivity contribution >= 4 is 45.2 Å². The minimum absolute atomic E-state index is 0.0111. The van der Waals surface area contributed by atoms with Crippen molar-refractivity contribution in [1.29, 1.82) is 0 Å². The van der Waals surface area contributed by atoms with E-state index in [0.717, 1.165) is 87.5 Å². The summed E-state index contributed by atoms with van der Waals surface area (Å²) in [5.41, 5.74) is 16.8. The van der Waals surface area contributed by atoms with Crippen LogP contribution in [0, 0.1) is 16.7 Å². The molecule has 12 nitrogen and oxygen atoms in total. The van der Waals surface area contributed by atoms with Crippen molar-refractivity contribution in [2.75, 3.05) is 24.6 Å². The predicted molar refractivity (Wildman–Crippen MR) is 279 cm³/mol. The molecule has 3 aromatic rings. The summed E-state index contributed by atoms with van der Waals surface area (Å²) >= 11 is 0. The molecule has 4 bridgehead atoms. The van der Waals surface area contributed by atoms with E-state index in [9.17, 15) is 19.8 Å². The van der Waals surface area contributed by atoms with Crippen LogP contribution in [0.1, 0.15) is 158 Å². The molecular formula is C55H78N6O6S2. The Hall–Kier alpha value is -4.14. The molecule has 8 rings (SSSR count). The molecule has 5 unspecified atom stereocenters. The van der Waals surface area contributed by atoms with E-state index >= 15 is 0 Å². The summed E-state index contributed by atoms with van der Waals surface area (Å²) in [7, 11) is 4.01. The van der Waals surface area contributed by atoms with Gasteiger partial charge in [-0.15, -0.1) is 0 Å². The highest BCUT2D eigenvalue weighted by Crippen LogP contribution is 2.63. The molecule has 3 aliphatic carbocycles. The van der Waals surface area contributed by atoms with Gasteiger partial charge in [-0.25, -0.2) is 4.98 Å². The highest BCUT2D eigenvalue weighted by atomic mass is 33.1. The number of amides is 1. The molecule has 4 fully saturated rings. The Bertz CT molecular complexity index is 2200. The van der Waals surface area contributed by atoms with E-state index in [0.29, 0.717) is 87.0 Å². The minimum atomic E-state index is -0.606. The summed E-state index contributed by atoms with van der Waals surface area (Å²) in [4.78, 5) is 37.7. The topological polar surface area (TPSA) is 186 Å². The van der Waals surface area contributed by atoms with Crippen molar-refractivity contribution in [3.8, 4) is 11.5 Å². The molecule has 5 atom stereocenters. The van der Waals surface area contributed by atoms with Gasteiger partial charge in [0.2, 0.25) is 5.91 Å². The number of pyridine rings is 1. The van der Waals surface area contributed by atoms with Gasteiger partial charge in [-0.1, -0.05) is 83.7 Å². The number of carbonyl (C=O) groups is 2. The SMILES string of the molecule is CC(=O)OC1CCc2cc(c(O)c(OC3CCCC3)c2)CN2CC(Cc3ccnc(N)c3)(CCN=C(N)NC3(CCCC34CCCC4)SSCC(CCc3ccccc3)CCCCC(O)C1)CC2=O. The fraction of sp³-hybridized carbons (Fsp3) is 0.636. The minimum Gasteiger partial charge on any atom is -0.504 e. The Morgan fingerprint density at radius 2 is 1.67 bits per heavy atom. The number of phenols is 1. The maximum absolute atomic E-state index is 14.3. The van der Waals surface area contributed by atoms with Gasteiger partial charge >= 0.3 is 5.97 Å². The van der Waals surface area contributed by atoms with Crippen LogP contribution in [0.4, 0.5) is 5.82 Å². The second-order valence-electron chi connectivity index (χ2n) is 21.3. The number of aryl methyl sites for hydroxylation is 2. The van der Waals surface area contributed by atoms with Crippen LogP contribution in [-0.2, 0) is 40.1 Å². The number of esters is 1. The Balaban J connectivity index is 1.09. The number of aliphatic hydroxyl groups excluding tert-OH is 1. The third-order valence-corrected chi connectivity index (χ3v) is 19.4. The van der Waals surface area contributed by atoms with Crippen molar-refractivity contribution in [2.45, 2.75) is 184 Å². The molecule has 3 heterocycles. The highest BCUT2D eigenvalue weighted by Gasteiger charge is 2.57. The van der Waals surface area contributed by atoms with Gasteiger partial charge in [0.25, 0.3) is 0 Å². The highest BCUT2D eigenvalue weighted by molar-refractivity contribution is 8.77. The van der Waals surface area contributed by atoms with E-state index in [4.69, 9.17) is 25.9 Å². The number of nitrogens with zero attached hydrogens (tertiary/aromatic N) is 3. The Labute approximate surface area is 418 Å². The van der Waals surface area contributed by atoms with Gasteiger partial charge in [0.1, 0.15) is 16.8 Å². The average Bonchev–Trinajstić information content (AvgIpc) is 4.14. The van der Waals surface area contributed by atoms with Gasteiger partial charge in [-0.05, 0) is 150 Å². The fourth-order valence-corrected chi connectivity index (χ4v) is 16.4. The molecule has 1 amide bonds. The van der Waals surface area contributed by atoms with Gasteiger partial charge in [0.05, 0.1) is 12.2 Å². The number of nitrogens with two attached hydrogens (primary N) is 2. The molecule has 2 aliphatic heterocycles. The molecule has 376 valence electrons. The number of benzene rings is 2. The Morgan fingerprint density at radius 1 is 0.899 bits per heavy atom. The number of guanidine groups is 1. The van der Waals surface area contributed by atoms with Crippen molar-refractivity contribution in [2.24, 2.45) is 27.5 Å². The van der Waals surface area contributed by atoms with Crippen LogP contribution in [0.5, 0.6) is 11.5 Å². The van der Waals surface area contributed by atoms with Crippen molar-refractivity contribution in [3.05, 3.63) is 83.0 Å². The zero-order valence-electron chi connectivity index (χ0n) is 41.0. The van der Waals surface area contributed by atoms with E-state index in [1.54, 1.807) is 6.20 Å². The molecular weight excluding hydrogens is 905 g/mol. The van der Waals surface area contributed by atoms with Crippen LogP contribution in [0.2, 0.25) is 0 Å². The average molecular weight is 983 g/mol. The third-order valence-electron chi connectivity index (χ3n) is 16.1. The zero-order valence-corrected chi connectivity index (χ0v) is 42.6. The fourth-order valence-electron chi connectivity index (χ4n) is 12.4. The van der Waals surface area contributed by atoms with Crippen molar-refractivity contribution < 1.29 is 29.3 Å². The van der Waals surface area contributed by atoms with Crippen LogP contribution in [0.3, 0.4) is 0 Å². The monoisotopic (exact) mass is 983 g/mol. The molecule has 14 heteroatoms. The number of aliphatic hydroxyl groups is 1. The maximum Gasteiger partial charge on any atom is 0.302 e.